The van der Waals surface area contributed by atoms with Gasteiger partial charge in [-0.05, 0) is 35.0 Å². The van der Waals surface area contributed by atoms with Crippen LogP contribution < -0.4 is 5.32 Å². The molecule has 0 unspecified atom stereocenters. The molecule has 2 aromatic carbocycles. The van der Waals surface area contributed by atoms with E-state index in [1.54, 1.807) is 6.07 Å². The number of amides is 1. The molecule has 0 aliphatic carbocycles. The maximum absolute atomic E-state index is 12.1. The van der Waals surface area contributed by atoms with Crippen molar-refractivity contribution in [1.29, 1.82) is 0 Å². The summed E-state index contributed by atoms with van der Waals surface area (Å²) in [6.45, 7) is 2.51. The third kappa shape index (κ3) is 2.35. The highest BCUT2D eigenvalue weighted by Gasteiger charge is 2.10. The molecular weight excluding hydrogens is 254 g/mol. The highest BCUT2D eigenvalue weighted by atomic mass is 16.1. The monoisotopic (exact) mass is 267 g/mol. The molecule has 6 nitrogen and oxygen atoms in total. The smallest absolute Gasteiger partial charge is 0.270 e. The average molecular weight is 267 g/mol. The van der Waals surface area contributed by atoms with E-state index < -0.39 is 0 Å². The molecule has 1 heterocycles. The van der Waals surface area contributed by atoms with Gasteiger partial charge in [0, 0.05) is 5.56 Å². The van der Waals surface area contributed by atoms with Crippen molar-refractivity contribution in [1.82, 2.24) is 20.2 Å². The lowest BCUT2D eigenvalue weighted by Gasteiger charge is -2.03. The lowest BCUT2D eigenvalue weighted by atomic mass is 10.1. The van der Waals surface area contributed by atoms with Gasteiger partial charge in [0.05, 0.1) is 6.54 Å². The van der Waals surface area contributed by atoms with E-state index in [2.05, 4.69) is 20.7 Å². The zero-order valence-electron chi connectivity index (χ0n) is 10.9. The van der Waals surface area contributed by atoms with Crippen molar-refractivity contribution in [2.75, 3.05) is 5.32 Å². The minimum Gasteiger partial charge on any atom is -0.288 e. The SMILES string of the molecule is CCn1nnc(NC(=O)c2ccc3ccccc3c2)n1. The Morgan fingerprint density at radius 2 is 2.00 bits per heavy atom. The van der Waals surface area contributed by atoms with Crippen LogP contribution in [0.4, 0.5) is 5.95 Å². The van der Waals surface area contributed by atoms with Crippen molar-refractivity contribution in [2.45, 2.75) is 13.5 Å². The van der Waals surface area contributed by atoms with Crippen LogP contribution in [0.25, 0.3) is 10.8 Å². The van der Waals surface area contributed by atoms with Gasteiger partial charge >= 0.3 is 0 Å². The molecule has 0 saturated heterocycles. The first-order chi connectivity index (χ1) is 9.76. The van der Waals surface area contributed by atoms with Crippen LogP contribution in [0.1, 0.15) is 17.3 Å². The van der Waals surface area contributed by atoms with Crippen LogP contribution in [0, 0.1) is 0 Å². The number of hydrogen-bond donors (Lipinski definition) is 1. The fourth-order valence-corrected chi connectivity index (χ4v) is 1.93. The number of tetrazole rings is 1. The summed E-state index contributed by atoms with van der Waals surface area (Å²) < 4.78 is 0. The van der Waals surface area contributed by atoms with Crippen molar-refractivity contribution in [3.8, 4) is 0 Å². The number of fused-ring (bicyclic) bond motifs is 1. The van der Waals surface area contributed by atoms with Crippen molar-refractivity contribution in [2.24, 2.45) is 0 Å². The van der Waals surface area contributed by atoms with Gasteiger partial charge in [-0.3, -0.25) is 10.1 Å². The summed E-state index contributed by atoms with van der Waals surface area (Å²) >= 11 is 0. The van der Waals surface area contributed by atoms with Crippen molar-refractivity contribution in [3.63, 3.8) is 0 Å². The molecule has 0 aliphatic rings. The Morgan fingerprint density at radius 3 is 2.75 bits per heavy atom. The molecule has 3 aromatic rings. The van der Waals surface area contributed by atoms with Gasteiger partial charge in [0.15, 0.2) is 0 Å². The topological polar surface area (TPSA) is 72.7 Å². The second-order valence-electron chi connectivity index (χ2n) is 4.32. The molecular formula is C14H13N5O. The molecule has 0 saturated carbocycles. The van der Waals surface area contributed by atoms with Crippen LogP contribution in [0.15, 0.2) is 42.5 Å². The summed E-state index contributed by atoms with van der Waals surface area (Å²) in [6, 6.07) is 13.4. The molecule has 0 atom stereocenters. The normalized spacial score (nSPS) is 10.7. The number of aryl methyl sites for hydroxylation is 1. The highest BCUT2D eigenvalue weighted by molar-refractivity contribution is 6.05. The number of carbonyl (C=O) groups excluding carboxylic acids is 1. The molecule has 0 spiro atoms. The van der Waals surface area contributed by atoms with Crippen molar-refractivity contribution >= 4 is 22.6 Å². The van der Waals surface area contributed by atoms with Gasteiger partial charge in [0.2, 0.25) is 0 Å². The molecule has 0 aliphatic heterocycles. The third-order valence-corrected chi connectivity index (χ3v) is 2.97. The van der Waals surface area contributed by atoms with Gasteiger partial charge < -0.3 is 0 Å². The molecule has 1 aromatic heterocycles. The van der Waals surface area contributed by atoms with E-state index in [9.17, 15) is 4.79 Å². The number of aromatic nitrogens is 4. The summed E-state index contributed by atoms with van der Waals surface area (Å²) in [5.74, 6) is -0.0311. The third-order valence-electron chi connectivity index (χ3n) is 2.97. The Balaban J connectivity index is 1.84. The summed E-state index contributed by atoms with van der Waals surface area (Å²) in [4.78, 5) is 13.5. The van der Waals surface area contributed by atoms with Gasteiger partial charge in [-0.1, -0.05) is 35.4 Å². The number of carbonyl (C=O) groups is 1. The number of benzene rings is 2. The number of rotatable bonds is 3. The first-order valence-electron chi connectivity index (χ1n) is 6.34. The maximum Gasteiger partial charge on any atom is 0.270 e. The van der Waals surface area contributed by atoms with Crippen LogP contribution in [-0.4, -0.2) is 26.1 Å². The minimum absolute atomic E-state index is 0.213. The lowest BCUT2D eigenvalue weighted by Crippen LogP contribution is -2.13. The van der Waals surface area contributed by atoms with Crippen molar-refractivity contribution < 1.29 is 4.79 Å². The van der Waals surface area contributed by atoms with E-state index >= 15 is 0 Å². The fraction of sp³-hybridized carbons (Fsp3) is 0.143. The summed E-state index contributed by atoms with van der Waals surface area (Å²) in [7, 11) is 0. The highest BCUT2D eigenvalue weighted by Crippen LogP contribution is 2.16. The zero-order valence-corrected chi connectivity index (χ0v) is 10.9. The summed E-state index contributed by atoms with van der Waals surface area (Å²) in [5.41, 5.74) is 0.566. The lowest BCUT2D eigenvalue weighted by molar-refractivity contribution is 0.102. The molecule has 0 fully saturated rings. The van der Waals surface area contributed by atoms with Gasteiger partial charge in [0.25, 0.3) is 11.9 Å². The largest absolute Gasteiger partial charge is 0.288 e. The molecule has 1 N–H and O–H groups in total. The predicted octanol–water partition coefficient (Wildman–Crippen LogP) is 2.10. The minimum atomic E-state index is -0.244. The van der Waals surface area contributed by atoms with Crippen molar-refractivity contribution in [3.05, 3.63) is 48.0 Å². The number of anilines is 1. The Morgan fingerprint density at radius 1 is 1.20 bits per heavy atom. The Hall–Kier alpha value is -2.76. The first-order valence-corrected chi connectivity index (χ1v) is 6.34. The Bertz CT molecular complexity index is 765. The van der Waals surface area contributed by atoms with Gasteiger partial charge in [0.1, 0.15) is 0 Å². The number of nitrogens with one attached hydrogen (secondary N) is 1. The van der Waals surface area contributed by atoms with Gasteiger partial charge in [-0.25, -0.2) is 0 Å². The van der Waals surface area contributed by atoms with E-state index in [0.29, 0.717) is 12.1 Å². The van der Waals surface area contributed by atoms with E-state index in [4.69, 9.17) is 0 Å². The van der Waals surface area contributed by atoms with E-state index in [1.807, 2.05) is 43.3 Å². The molecule has 3 rings (SSSR count). The Kier molecular flexibility index (Phi) is 3.12. The number of hydrogen-bond acceptors (Lipinski definition) is 4. The van der Waals surface area contributed by atoms with E-state index in [-0.39, 0.29) is 11.9 Å². The molecule has 0 bridgehead atoms. The number of nitrogens with zero attached hydrogens (tertiary/aromatic N) is 4. The van der Waals surface area contributed by atoms with Crippen LogP contribution in [0.2, 0.25) is 0 Å². The molecule has 20 heavy (non-hydrogen) atoms. The summed E-state index contributed by atoms with van der Waals surface area (Å²) in [5, 5.41) is 16.3. The van der Waals surface area contributed by atoms with Crippen LogP contribution >= 0.6 is 0 Å². The van der Waals surface area contributed by atoms with Crippen LogP contribution in [0.5, 0.6) is 0 Å². The fourth-order valence-electron chi connectivity index (χ4n) is 1.93. The quantitative estimate of drug-likeness (QED) is 0.788. The Labute approximate surface area is 115 Å². The zero-order chi connectivity index (χ0) is 13.9. The molecule has 1 amide bonds. The van der Waals surface area contributed by atoms with Gasteiger partial charge in [-0.2, -0.15) is 4.80 Å². The molecule has 100 valence electrons. The van der Waals surface area contributed by atoms with Gasteiger partial charge in [-0.15, -0.1) is 5.10 Å². The van der Waals surface area contributed by atoms with Crippen LogP contribution in [-0.2, 0) is 6.54 Å². The first kappa shape index (κ1) is 12.3. The second-order valence-corrected chi connectivity index (χ2v) is 4.32. The molecule has 0 radical (unpaired) electrons. The average Bonchev–Trinajstić information content (AvgIpc) is 2.94. The standard InChI is InChI=1S/C14H13N5O/c1-2-19-17-14(16-18-19)15-13(20)12-8-7-10-5-3-4-6-11(10)9-12/h3-9H,2H2,1H3,(H,15,17,20). The molecule has 6 heteroatoms. The van der Waals surface area contributed by atoms with E-state index in [1.165, 1.54) is 4.80 Å². The van der Waals surface area contributed by atoms with Crippen LogP contribution in [0.3, 0.4) is 0 Å². The summed E-state index contributed by atoms with van der Waals surface area (Å²) in [6.07, 6.45) is 0. The second kappa shape index (κ2) is 5.08. The predicted molar refractivity (Wildman–Crippen MR) is 75.4 cm³/mol. The maximum atomic E-state index is 12.1. The van der Waals surface area contributed by atoms with E-state index in [0.717, 1.165) is 10.8 Å².